The number of H-pyrrole nitrogens is 1. The zero-order valence-electron chi connectivity index (χ0n) is 49.8. The third-order valence-corrected chi connectivity index (χ3v) is 25.9. The van der Waals surface area contributed by atoms with Crippen LogP contribution >= 0.6 is 21.6 Å². The Morgan fingerprint density at radius 1 is 0.919 bits per heavy atom. The number of fused-ring (bicyclic) bond motifs is 10. The Balaban J connectivity index is 1.12. The van der Waals surface area contributed by atoms with Gasteiger partial charge in [0, 0.05) is 96.2 Å². The maximum Gasteiger partial charge on any atom is 0.313 e. The molecule has 4 saturated carbocycles. The third-order valence-electron chi connectivity index (χ3n) is 23.3. The number of carbonyl (C=O) groups excluding carboxylic acids is 3. The Labute approximate surface area is 512 Å². The number of aliphatic hydroxyl groups excluding tert-OH is 5. The highest BCUT2D eigenvalue weighted by atomic mass is 33.1. The molecule has 11 rings (SSSR count). The van der Waals surface area contributed by atoms with E-state index in [4.69, 9.17) is 16.2 Å². The SMILES string of the molecule is C[C@@H]1CCC2=CC[C@@H]3[C@H](C[C@H]([C@@H]4COC(=O)[C@H]4c4cc[nH]c4)C#C[C@@H](CCCO)[C@@H]4C[C@@]5(O)C6=C7NCC(=O)C[C@H](c8ccc(O)cc8)CSSC[C@@H]8[C@@H](O)[C@@H](O)C[C@@](C)([C@@H]8C7=O)[C@H]6CC[C@]5(CCN=C(N)N)[C@H]4[C@@](C)(O)[C@H](O)C[C@H]3C(O)O)[C@@H]2C1. The van der Waals surface area contributed by atoms with Crippen molar-refractivity contribution in [3.63, 3.8) is 0 Å². The van der Waals surface area contributed by atoms with Gasteiger partial charge in [0.05, 0.1) is 54.3 Å². The summed E-state index contributed by atoms with van der Waals surface area (Å²) in [6.45, 7) is 5.33. The number of hydrogen-bond acceptors (Lipinski definition) is 17. The number of allylic oxidation sites excluding steroid dienone is 3. The number of aliphatic imine (C=N–C) groups is 1. The molecule has 1 aromatic heterocycles. The fourth-order valence-electron chi connectivity index (χ4n) is 19.4. The Kier molecular flexibility index (Phi) is 18.4. The van der Waals surface area contributed by atoms with E-state index in [1.165, 1.54) is 27.2 Å². The van der Waals surface area contributed by atoms with Crippen molar-refractivity contribution in [2.24, 2.45) is 104 Å². The maximum absolute atomic E-state index is 16.2. The zero-order chi connectivity index (χ0) is 61.2. The van der Waals surface area contributed by atoms with E-state index < -0.39 is 118 Å². The van der Waals surface area contributed by atoms with Crippen LogP contribution in [0.5, 0.6) is 5.75 Å². The lowest BCUT2D eigenvalue weighted by Crippen LogP contribution is -2.67. The second-order valence-electron chi connectivity index (χ2n) is 27.9. The number of guanidine groups is 1. The van der Waals surface area contributed by atoms with Gasteiger partial charge in [-0.2, -0.15) is 0 Å². The van der Waals surface area contributed by atoms with Crippen LogP contribution < -0.4 is 16.8 Å². The summed E-state index contributed by atoms with van der Waals surface area (Å²) in [5.41, 5.74) is 8.76. The summed E-state index contributed by atoms with van der Waals surface area (Å²) in [6.07, 6.45) is 4.34. The molecule has 0 amide bonds. The van der Waals surface area contributed by atoms with Gasteiger partial charge in [0.15, 0.2) is 23.8 Å². The van der Waals surface area contributed by atoms with E-state index in [2.05, 4.69) is 40.1 Å². The van der Waals surface area contributed by atoms with Gasteiger partial charge in [-0.3, -0.25) is 19.4 Å². The van der Waals surface area contributed by atoms with Crippen molar-refractivity contribution in [1.29, 1.82) is 0 Å². The van der Waals surface area contributed by atoms with Crippen molar-refractivity contribution in [2.75, 3.05) is 37.8 Å². The number of rotatable bonds is 10. The number of cyclic esters (lactones) is 1. The largest absolute Gasteiger partial charge is 0.508 e. The van der Waals surface area contributed by atoms with E-state index in [0.717, 1.165) is 30.4 Å². The number of esters is 1. The van der Waals surface area contributed by atoms with Gasteiger partial charge in [0.1, 0.15) is 5.75 Å². The molecule has 470 valence electrons. The Morgan fingerprint density at radius 2 is 1.69 bits per heavy atom. The minimum absolute atomic E-state index is 0.0230. The van der Waals surface area contributed by atoms with Crippen molar-refractivity contribution in [3.8, 4) is 17.6 Å². The average molecular weight is 1230 g/mol. The van der Waals surface area contributed by atoms with Gasteiger partial charge >= 0.3 is 5.97 Å². The predicted octanol–water partition coefficient (Wildman–Crippen LogP) is 5.17. The first-order valence-corrected chi connectivity index (χ1v) is 34.1. The fourth-order valence-corrected chi connectivity index (χ4v) is 22.1. The number of hydrogen-bond donors (Lipinski definition) is 13. The van der Waals surface area contributed by atoms with Crippen molar-refractivity contribution in [2.45, 2.75) is 158 Å². The summed E-state index contributed by atoms with van der Waals surface area (Å²) in [5.74, 6) is -0.546. The molecule has 9 aliphatic rings. The van der Waals surface area contributed by atoms with E-state index in [-0.39, 0.29) is 125 Å². The fraction of sp³-hybridized carbons (Fsp3) is 0.697. The molecule has 15 N–H and O–H groups in total. The van der Waals surface area contributed by atoms with E-state index in [0.29, 0.717) is 42.3 Å². The molecule has 3 heterocycles. The van der Waals surface area contributed by atoms with Crippen LogP contribution in [0.25, 0.3) is 0 Å². The zero-order valence-corrected chi connectivity index (χ0v) is 51.4. The van der Waals surface area contributed by atoms with Crippen LogP contribution in [-0.4, -0.2) is 148 Å². The van der Waals surface area contributed by atoms with Gasteiger partial charge in [-0.1, -0.05) is 71.1 Å². The van der Waals surface area contributed by atoms with Crippen LogP contribution in [-0.2, 0) is 19.1 Å². The average Bonchev–Trinajstić information content (AvgIpc) is 1.36. The molecule has 2 bridgehead atoms. The molecule has 22 atom stereocenters. The quantitative estimate of drug-likeness (QED) is 0.0277. The first-order valence-electron chi connectivity index (χ1n) is 31.6. The number of carbonyl (C=O) groups is 3. The summed E-state index contributed by atoms with van der Waals surface area (Å²) >= 11 is 0. The summed E-state index contributed by atoms with van der Waals surface area (Å²) in [7, 11) is 3.00. The highest BCUT2D eigenvalue weighted by molar-refractivity contribution is 8.76. The number of nitrogens with zero attached hydrogens (tertiary/aromatic N) is 1. The number of Topliss-reactive ketones (excluding diaryl/α,β-unsaturated/α-hetero) is 2. The number of aromatic hydroxyl groups is 1. The number of ether oxygens (including phenoxy) is 1. The summed E-state index contributed by atoms with van der Waals surface area (Å²) < 4.78 is 5.97. The highest BCUT2D eigenvalue weighted by Crippen LogP contribution is 2.73. The molecule has 6 fully saturated rings. The first kappa shape index (κ1) is 63.2. The number of phenols is 1. The van der Waals surface area contributed by atoms with Crippen LogP contribution in [0.1, 0.15) is 134 Å². The van der Waals surface area contributed by atoms with Crippen LogP contribution in [0.4, 0.5) is 0 Å². The second kappa shape index (κ2) is 25.1. The topological polar surface area (TPSA) is 335 Å². The molecule has 2 aliphatic heterocycles. The molecule has 0 radical (unpaired) electrons. The van der Waals surface area contributed by atoms with Crippen LogP contribution in [0.2, 0.25) is 0 Å². The molecule has 0 spiro atoms. The summed E-state index contributed by atoms with van der Waals surface area (Å²) in [4.78, 5) is 52.4. The van der Waals surface area contributed by atoms with E-state index in [1.807, 2.05) is 19.2 Å². The molecule has 2 saturated heterocycles. The normalized spacial score (nSPS) is 42.7. The highest BCUT2D eigenvalue weighted by Gasteiger charge is 2.75. The Bertz CT molecular complexity index is 2980. The Morgan fingerprint density at radius 3 is 2.41 bits per heavy atom. The minimum atomic E-state index is -2.14. The standard InChI is InChI=1S/C66H91N5O13S2/c1-34-6-7-37-12-15-43-45(44(37)23-34)25-38(48-31-84-61(81)53(48)39-17-20-69-29-39)9-8-36(5-4-22-72)47-27-66(83)55-50(16-18-65(66,19-21-70-62(67)68)59(47)64(3,82)52(76)26-46(43)60(79)80)63(2)28-51(75)57(77)49-33-86-85-32-40(35-10-13-41(73)14-11-35)24-42(74)30-71-56(55)58(78)54(49)63/h10-14,17,20,29,34,36,38,40,43-54,57,59-60,69,71-73,75-77,79-80,82-83H,4-7,15-16,18-19,21-28,30-33H2,1-3H3,(H4,67,68,70)/t34-,36-,38-,40+,43-,44-,45+,46-,47+,48+,49+,50+,51+,52-,53+,54+,57-,59-,63-,64+,65+,66-/m1/s1. The lowest BCUT2D eigenvalue weighted by molar-refractivity contribution is -0.201. The minimum Gasteiger partial charge on any atom is -0.508 e. The maximum atomic E-state index is 16.2. The molecular formula is C66H91N5O13S2. The number of nitrogens with two attached hydrogens (primary N) is 2. The molecule has 1 aromatic carbocycles. The van der Waals surface area contributed by atoms with Crippen molar-refractivity contribution in [3.05, 3.63) is 76.8 Å². The molecule has 7 aliphatic carbocycles. The van der Waals surface area contributed by atoms with Gasteiger partial charge in [-0.15, -0.1) is 0 Å². The monoisotopic (exact) mass is 1230 g/mol. The smallest absolute Gasteiger partial charge is 0.313 e. The number of benzene rings is 1. The molecule has 18 nitrogen and oxygen atoms in total. The lowest BCUT2D eigenvalue weighted by atomic mass is 9.43. The predicted molar refractivity (Wildman–Crippen MR) is 327 cm³/mol. The molecule has 2 aromatic rings. The van der Waals surface area contributed by atoms with Crippen LogP contribution in [0.15, 0.2) is 70.6 Å². The number of ketones is 2. The number of aromatic nitrogens is 1. The van der Waals surface area contributed by atoms with E-state index >= 15 is 4.79 Å². The molecule has 20 heteroatoms. The lowest BCUT2D eigenvalue weighted by Gasteiger charge is -2.63. The number of phenolic OH excluding ortho intramolecular Hbond substituents is 1. The van der Waals surface area contributed by atoms with Crippen LogP contribution in [0.3, 0.4) is 0 Å². The van der Waals surface area contributed by atoms with Crippen molar-refractivity contribution >= 4 is 45.1 Å². The van der Waals surface area contributed by atoms with Gasteiger partial charge < -0.3 is 72.5 Å². The number of aromatic amines is 1. The van der Waals surface area contributed by atoms with E-state index in [9.17, 15) is 55.5 Å². The van der Waals surface area contributed by atoms with Crippen LogP contribution in [0, 0.1) is 99.6 Å². The number of nitrogens with one attached hydrogen (secondary N) is 2. The molecule has 0 unspecified atom stereocenters. The van der Waals surface area contributed by atoms with E-state index in [1.54, 1.807) is 37.4 Å². The summed E-state index contributed by atoms with van der Waals surface area (Å²) in [5, 5.41) is 114. The van der Waals surface area contributed by atoms with Gasteiger partial charge in [-0.25, -0.2) is 0 Å². The summed E-state index contributed by atoms with van der Waals surface area (Å²) in [6, 6.07) is 8.62. The first-order chi connectivity index (χ1) is 41.0. The molecule has 86 heavy (non-hydrogen) atoms. The number of aliphatic hydroxyl groups is 8. The van der Waals surface area contributed by atoms with Gasteiger partial charge in [-0.05, 0) is 166 Å². The third kappa shape index (κ3) is 11.3. The van der Waals surface area contributed by atoms with Crippen molar-refractivity contribution < 1.29 is 65.1 Å². The second-order valence-corrected chi connectivity index (χ2v) is 30.5. The van der Waals surface area contributed by atoms with Gasteiger partial charge in [0.25, 0.3) is 0 Å². The van der Waals surface area contributed by atoms with Crippen molar-refractivity contribution in [1.82, 2.24) is 10.3 Å². The molecular weight excluding hydrogens is 1130 g/mol. The Hall–Kier alpha value is -4.40. The van der Waals surface area contributed by atoms with Gasteiger partial charge in [0.2, 0.25) is 0 Å².